The van der Waals surface area contributed by atoms with Gasteiger partial charge in [-0.15, -0.1) is 0 Å². The van der Waals surface area contributed by atoms with Crippen LogP contribution >= 0.6 is 12.2 Å². The lowest BCUT2D eigenvalue weighted by molar-refractivity contribution is -0.113. The van der Waals surface area contributed by atoms with Gasteiger partial charge in [0.25, 0.3) is 5.91 Å². The molecule has 2 heterocycles. The molecule has 0 radical (unpaired) electrons. The molecule has 0 aliphatic carbocycles. The average Bonchev–Trinajstić information content (AvgIpc) is 2.62. The highest BCUT2D eigenvalue weighted by atomic mass is 32.1. The first-order valence-electron chi connectivity index (χ1n) is 7.79. The predicted molar refractivity (Wildman–Crippen MR) is 99.6 cm³/mol. The van der Waals surface area contributed by atoms with Crippen molar-refractivity contribution in [2.24, 2.45) is 5.92 Å². The topological polar surface area (TPSA) is 77.8 Å². The van der Waals surface area contributed by atoms with Crippen LogP contribution in [0.25, 0.3) is 0 Å². The summed E-state index contributed by atoms with van der Waals surface area (Å²) in [4.78, 5) is 17.4. The molecule has 5 nitrogen and oxygen atoms in total. The second-order valence-corrected chi connectivity index (χ2v) is 6.15. The van der Waals surface area contributed by atoms with Crippen LogP contribution in [0, 0.1) is 17.2 Å². The summed E-state index contributed by atoms with van der Waals surface area (Å²) in [6, 6.07) is 15.1. The summed E-state index contributed by atoms with van der Waals surface area (Å²) in [5, 5.41) is 15.5. The van der Waals surface area contributed by atoms with E-state index in [2.05, 4.69) is 21.7 Å². The fourth-order valence-corrected chi connectivity index (χ4v) is 3.32. The predicted octanol–water partition coefficient (Wildman–Crippen LogP) is 3.15. The van der Waals surface area contributed by atoms with E-state index in [1.165, 1.54) is 0 Å². The van der Waals surface area contributed by atoms with Gasteiger partial charge in [0.1, 0.15) is 5.92 Å². The van der Waals surface area contributed by atoms with E-state index in [9.17, 15) is 10.1 Å². The first kappa shape index (κ1) is 16.8. The molecule has 1 aromatic carbocycles. The fourth-order valence-electron chi connectivity index (χ4n) is 2.98. The van der Waals surface area contributed by atoms with Crippen molar-refractivity contribution in [2.75, 3.05) is 5.32 Å². The summed E-state index contributed by atoms with van der Waals surface area (Å²) in [6.07, 6.45) is 3.30. The molecule has 0 bridgehead atoms. The third-order valence-electron chi connectivity index (χ3n) is 4.12. The van der Waals surface area contributed by atoms with E-state index in [1.54, 1.807) is 19.3 Å². The van der Waals surface area contributed by atoms with Crippen LogP contribution in [0.5, 0.6) is 0 Å². The van der Waals surface area contributed by atoms with E-state index in [0.29, 0.717) is 21.9 Å². The van der Waals surface area contributed by atoms with Crippen molar-refractivity contribution in [2.45, 2.75) is 12.8 Å². The van der Waals surface area contributed by atoms with Gasteiger partial charge in [-0.3, -0.25) is 9.78 Å². The quantitative estimate of drug-likeness (QED) is 0.833. The Kier molecular flexibility index (Phi) is 4.87. The van der Waals surface area contributed by atoms with E-state index < -0.39 is 11.8 Å². The van der Waals surface area contributed by atoms with Gasteiger partial charge < -0.3 is 10.6 Å². The summed E-state index contributed by atoms with van der Waals surface area (Å²) in [5.41, 5.74) is 2.70. The normalized spacial score (nSPS) is 19.8. The van der Waals surface area contributed by atoms with E-state index >= 15 is 0 Å². The number of aromatic nitrogens is 1. The Balaban J connectivity index is 2.04. The van der Waals surface area contributed by atoms with Crippen LogP contribution in [-0.2, 0) is 4.79 Å². The fraction of sp³-hybridized carbons (Fsp3) is 0.158. The summed E-state index contributed by atoms with van der Waals surface area (Å²) < 4.78 is 0. The van der Waals surface area contributed by atoms with Gasteiger partial charge in [0.2, 0.25) is 0 Å². The van der Waals surface area contributed by atoms with Crippen LogP contribution in [-0.4, -0.2) is 15.9 Å². The van der Waals surface area contributed by atoms with Gasteiger partial charge in [0.05, 0.1) is 11.1 Å². The van der Waals surface area contributed by atoms with Gasteiger partial charge in [-0.1, -0.05) is 30.4 Å². The van der Waals surface area contributed by atoms with Crippen molar-refractivity contribution in [3.05, 3.63) is 71.7 Å². The van der Waals surface area contributed by atoms with Crippen LogP contribution in [0.2, 0.25) is 0 Å². The number of nitrogens with zero attached hydrogens (tertiary/aromatic N) is 2. The lowest BCUT2D eigenvalue weighted by atomic mass is 9.77. The molecule has 2 atom stereocenters. The van der Waals surface area contributed by atoms with Crippen LogP contribution in [0.3, 0.4) is 0 Å². The third kappa shape index (κ3) is 3.42. The molecule has 25 heavy (non-hydrogen) atoms. The minimum Gasteiger partial charge on any atom is -0.352 e. The second kappa shape index (κ2) is 7.24. The zero-order valence-corrected chi connectivity index (χ0v) is 14.4. The number of anilines is 1. The van der Waals surface area contributed by atoms with Crippen LogP contribution in [0.4, 0.5) is 5.69 Å². The smallest absolute Gasteiger partial charge is 0.254 e. The maximum absolute atomic E-state index is 13.0. The number of thiocarbonyl (C=S) groups is 1. The maximum Gasteiger partial charge on any atom is 0.254 e. The Hall–Kier alpha value is -3.04. The summed E-state index contributed by atoms with van der Waals surface area (Å²) >= 11 is 5.33. The van der Waals surface area contributed by atoms with Crippen LogP contribution in [0.15, 0.2) is 66.1 Å². The molecular weight excluding hydrogens is 332 g/mol. The molecule has 0 saturated carbocycles. The monoisotopic (exact) mass is 348 g/mol. The molecule has 0 saturated heterocycles. The Bertz CT molecular complexity index is 871. The van der Waals surface area contributed by atoms with E-state index in [1.807, 2.05) is 42.5 Å². The minimum absolute atomic E-state index is 0.249. The number of amides is 1. The molecular formula is C19H16N4OS. The van der Waals surface area contributed by atoms with Crippen LogP contribution < -0.4 is 10.6 Å². The number of rotatable bonds is 3. The van der Waals surface area contributed by atoms with Gasteiger partial charge in [0, 0.05) is 35.3 Å². The van der Waals surface area contributed by atoms with Crippen molar-refractivity contribution < 1.29 is 4.79 Å². The number of allylic oxidation sites excluding steroid dienone is 1. The molecule has 2 aromatic rings. The Morgan fingerprint density at radius 3 is 2.56 bits per heavy atom. The average molecular weight is 348 g/mol. The van der Waals surface area contributed by atoms with Crippen molar-refractivity contribution in [1.29, 1.82) is 5.26 Å². The molecule has 0 spiro atoms. The molecule has 6 heteroatoms. The van der Waals surface area contributed by atoms with Crippen molar-refractivity contribution in [1.82, 2.24) is 10.3 Å². The van der Waals surface area contributed by atoms with E-state index in [0.717, 1.165) is 5.56 Å². The summed E-state index contributed by atoms with van der Waals surface area (Å²) in [7, 11) is 0. The summed E-state index contributed by atoms with van der Waals surface area (Å²) in [5.74, 6) is -1.30. The summed E-state index contributed by atoms with van der Waals surface area (Å²) in [6.45, 7) is 1.80. The molecule has 124 valence electrons. The first-order valence-corrected chi connectivity index (χ1v) is 8.20. The third-order valence-corrected chi connectivity index (χ3v) is 4.48. The van der Waals surface area contributed by atoms with E-state index in [4.69, 9.17) is 12.2 Å². The molecule has 2 N–H and O–H groups in total. The number of hydrogen-bond donors (Lipinski definition) is 2. The van der Waals surface area contributed by atoms with Crippen molar-refractivity contribution in [3.8, 4) is 6.07 Å². The number of nitriles is 1. The van der Waals surface area contributed by atoms with Crippen molar-refractivity contribution >= 4 is 28.8 Å². The largest absolute Gasteiger partial charge is 0.352 e. The van der Waals surface area contributed by atoms with Gasteiger partial charge in [-0.25, -0.2) is 0 Å². The number of nitrogens with one attached hydrogen (secondary N) is 2. The van der Waals surface area contributed by atoms with Crippen LogP contribution in [0.1, 0.15) is 18.4 Å². The zero-order valence-electron chi connectivity index (χ0n) is 13.6. The standard InChI is InChI=1S/C19H16N4OS/c1-12-16(18(24)23-14-5-3-2-4-6-14)17(13-7-9-21-10-8-13)15(11-20)19(25)22-12/h2-10,15,17H,1H3,(H,22,25)(H,23,24). The molecule has 1 aliphatic rings. The van der Waals surface area contributed by atoms with Gasteiger partial charge >= 0.3 is 0 Å². The van der Waals surface area contributed by atoms with Crippen molar-refractivity contribution in [3.63, 3.8) is 0 Å². The Labute approximate surface area is 151 Å². The lowest BCUT2D eigenvalue weighted by Gasteiger charge is -2.32. The minimum atomic E-state index is -0.613. The highest BCUT2D eigenvalue weighted by Crippen LogP contribution is 2.37. The number of benzene rings is 1. The molecule has 1 aromatic heterocycles. The molecule has 1 aliphatic heterocycles. The zero-order chi connectivity index (χ0) is 17.8. The molecule has 2 unspecified atom stereocenters. The number of carbonyl (C=O) groups is 1. The number of carbonyl (C=O) groups excluding carboxylic acids is 1. The molecule has 0 fully saturated rings. The number of pyridine rings is 1. The second-order valence-electron chi connectivity index (χ2n) is 5.71. The first-order chi connectivity index (χ1) is 12.1. The number of para-hydroxylation sites is 1. The van der Waals surface area contributed by atoms with Gasteiger partial charge in [-0.2, -0.15) is 5.26 Å². The maximum atomic E-state index is 13.0. The molecule has 3 rings (SSSR count). The number of hydrogen-bond acceptors (Lipinski definition) is 4. The highest BCUT2D eigenvalue weighted by Gasteiger charge is 2.38. The lowest BCUT2D eigenvalue weighted by Crippen LogP contribution is -2.41. The van der Waals surface area contributed by atoms with E-state index in [-0.39, 0.29) is 5.91 Å². The SMILES string of the molecule is CC1=C(C(=O)Nc2ccccc2)C(c2ccncc2)C(C#N)C(=S)N1. The molecule has 1 amide bonds. The van der Waals surface area contributed by atoms with Gasteiger partial charge in [0.15, 0.2) is 0 Å². The Morgan fingerprint density at radius 1 is 1.24 bits per heavy atom. The Morgan fingerprint density at radius 2 is 1.92 bits per heavy atom. The highest BCUT2D eigenvalue weighted by molar-refractivity contribution is 7.80. The van der Waals surface area contributed by atoms with Gasteiger partial charge in [-0.05, 0) is 36.8 Å².